The van der Waals surface area contributed by atoms with Crippen LogP contribution in [-0.2, 0) is 14.3 Å². The predicted octanol–water partition coefficient (Wildman–Crippen LogP) is 4.17. The number of carboxylic acid groups (broad SMARTS) is 1. The molecule has 2 atom stereocenters. The van der Waals surface area contributed by atoms with Gasteiger partial charge in [0.25, 0.3) is 0 Å². The van der Waals surface area contributed by atoms with Gasteiger partial charge in [0.2, 0.25) is 5.91 Å². The third-order valence-corrected chi connectivity index (χ3v) is 6.46. The number of carboxylic acids is 1. The highest BCUT2D eigenvalue weighted by Crippen LogP contribution is 2.44. The highest BCUT2D eigenvalue weighted by Gasteiger charge is 2.50. The Bertz CT molecular complexity index is 1090. The number of hydrogen-bond donors (Lipinski definition) is 2. The first-order valence-corrected chi connectivity index (χ1v) is 11.3. The normalized spacial score (nSPS) is 16.6. The lowest BCUT2D eigenvalue weighted by molar-refractivity contribution is -0.191. The number of ether oxygens (including phenoxy) is 1. The summed E-state index contributed by atoms with van der Waals surface area (Å²) < 4.78 is 46.4. The van der Waals surface area contributed by atoms with E-state index in [-0.39, 0.29) is 12.5 Å². The number of amides is 2. The van der Waals surface area contributed by atoms with Gasteiger partial charge in [0.1, 0.15) is 12.6 Å². The Hall–Kier alpha value is -3.56. The van der Waals surface area contributed by atoms with Crippen molar-refractivity contribution in [2.45, 2.75) is 43.9 Å². The number of alkyl halides is 3. The number of fused-ring (bicyclic) bond motifs is 3. The molecule has 0 saturated heterocycles. The van der Waals surface area contributed by atoms with Crippen molar-refractivity contribution in [3.63, 3.8) is 0 Å². The second-order valence-electron chi connectivity index (χ2n) is 8.79. The molecule has 2 N–H and O–H groups in total. The average molecular weight is 490 g/mol. The number of nitrogens with one attached hydrogen (secondary N) is 1. The maximum absolute atomic E-state index is 13.7. The number of halogens is 3. The van der Waals surface area contributed by atoms with Gasteiger partial charge in [0.05, 0.1) is 0 Å². The fourth-order valence-electron chi connectivity index (χ4n) is 4.52. The quantitative estimate of drug-likeness (QED) is 0.579. The molecule has 186 valence electrons. The molecule has 2 aliphatic rings. The zero-order valence-electron chi connectivity index (χ0n) is 18.9. The van der Waals surface area contributed by atoms with Crippen LogP contribution in [0.2, 0.25) is 0 Å². The van der Waals surface area contributed by atoms with Crippen LogP contribution in [0.3, 0.4) is 0 Å². The topological polar surface area (TPSA) is 95.9 Å². The van der Waals surface area contributed by atoms with Gasteiger partial charge in [-0.2, -0.15) is 13.2 Å². The number of benzene rings is 2. The minimum Gasteiger partial charge on any atom is -0.480 e. The zero-order valence-corrected chi connectivity index (χ0v) is 18.9. The van der Waals surface area contributed by atoms with Crippen LogP contribution in [0.25, 0.3) is 11.1 Å². The summed E-state index contributed by atoms with van der Waals surface area (Å²) in [5.74, 6) is -5.61. The summed E-state index contributed by atoms with van der Waals surface area (Å²) in [6, 6.07) is 13.3. The summed E-state index contributed by atoms with van der Waals surface area (Å²) in [6.07, 6.45) is -5.18. The van der Waals surface area contributed by atoms with Crippen molar-refractivity contribution >= 4 is 18.0 Å². The van der Waals surface area contributed by atoms with Gasteiger partial charge in [0.15, 0.2) is 5.92 Å². The van der Waals surface area contributed by atoms with E-state index >= 15 is 0 Å². The van der Waals surface area contributed by atoms with Crippen molar-refractivity contribution in [3.8, 4) is 11.1 Å². The molecule has 35 heavy (non-hydrogen) atoms. The van der Waals surface area contributed by atoms with Crippen LogP contribution in [0.1, 0.15) is 36.8 Å². The second-order valence-corrected chi connectivity index (χ2v) is 8.79. The molecule has 2 aliphatic carbocycles. The van der Waals surface area contributed by atoms with E-state index in [0.29, 0.717) is 12.8 Å². The molecular formula is C25H25F3N2O5. The first-order valence-electron chi connectivity index (χ1n) is 11.3. The lowest BCUT2D eigenvalue weighted by atomic mass is 9.98. The maximum Gasteiger partial charge on any atom is 0.407 e. The van der Waals surface area contributed by atoms with Gasteiger partial charge in [-0.15, -0.1) is 0 Å². The van der Waals surface area contributed by atoms with Gasteiger partial charge in [-0.3, -0.25) is 4.79 Å². The fraction of sp³-hybridized carbons (Fsp3) is 0.400. The van der Waals surface area contributed by atoms with Crippen molar-refractivity contribution in [3.05, 3.63) is 59.7 Å². The zero-order chi connectivity index (χ0) is 25.3. The van der Waals surface area contributed by atoms with Crippen LogP contribution in [0.15, 0.2) is 48.5 Å². The minimum absolute atomic E-state index is 0.0886. The molecule has 0 radical (unpaired) electrons. The fourth-order valence-corrected chi connectivity index (χ4v) is 4.52. The first kappa shape index (κ1) is 24.6. The summed E-state index contributed by atoms with van der Waals surface area (Å²) in [6.45, 7) is 0.0360. The smallest absolute Gasteiger partial charge is 0.407 e. The molecule has 0 aliphatic heterocycles. The molecule has 2 aromatic carbocycles. The molecule has 10 heteroatoms. The third kappa shape index (κ3) is 5.11. The summed E-state index contributed by atoms with van der Waals surface area (Å²) in [5, 5.41) is 11.3. The van der Waals surface area contributed by atoms with Gasteiger partial charge in [-0.25, -0.2) is 9.59 Å². The molecular weight excluding hydrogens is 465 g/mol. The summed E-state index contributed by atoms with van der Waals surface area (Å²) >= 11 is 0. The minimum atomic E-state index is -4.97. The van der Waals surface area contributed by atoms with E-state index in [2.05, 4.69) is 0 Å². The van der Waals surface area contributed by atoms with Crippen molar-refractivity contribution in [2.24, 2.45) is 5.92 Å². The van der Waals surface area contributed by atoms with Crippen molar-refractivity contribution in [1.29, 1.82) is 0 Å². The molecule has 0 aromatic heterocycles. The van der Waals surface area contributed by atoms with E-state index in [4.69, 9.17) is 4.74 Å². The molecule has 2 aromatic rings. The van der Waals surface area contributed by atoms with E-state index in [1.807, 2.05) is 53.8 Å². The predicted molar refractivity (Wildman–Crippen MR) is 120 cm³/mol. The summed E-state index contributed by atoms with van der Waals surface area (Å²) in [5.41, 5.74) is 3.92. The number of carbonyl (C=O) groups excluding carboxylic acids is 2. The van der Waals surface area contributed by atoms with E-state index in [1.165, 1.54) is 6.92 Å². The van der Waals surface area contributed by atoms with E-state index < -0.39 is 48.7 Å². The Morgan fingerprint density at radius 1 is 1.06 bits per heavy atom. The summed E-state index contributed by atoms with van der Waals surface area (Å²) in [4.78, 5) is 37.1. The lowest BCUT2D eigenvalue weighted by Gasteiger charge is -2.31. The SMILES string of the molecule is CC(C(=O)O)N(C(=O)C(CNC(=O)OCC1c2ccccc2-c2ccccc21)C(F)(F)F)C1CC1. The third-order valence-electron chi connectivity index (χ3n) is 6.46. The van der Waals surface area contributed by atoms with Crippen LogP contribution in [0.5, 0.6) is 0 Å². The largest absolute Gasteiger partial charge is 0.480 e. The molecule has 1 saturated carbocycles. The Morgan fingerprint density at radius 3 is 2.09 bits per heavy atom. The Morgan fingerprint density at radius 2 is 1.60 bits per heavy atom. The van der Waals surface area contributed by atoms with Crippen LogP contribution in [0.4, 0.5) is 18.0 Å². The molecule has 2 amide bonds. The number of carbonyl (C=O) groups is 3. The molecule has 7 nitrogen and oxygen atoms in total. The average Bonchev–Trinajstić information content (AvgIpc) is 3.59. The standard InChI is InChI=1S/C25H25F3N2O5/c1-14(23(32)33)30(15-10-11-15)22(31)21(25(26,27)28)12-29-24(34)35-13-20-18-8-4-2-6-16(18)17-7-3-5-9-19(17)20/h2-9,14-15,20-21H,10-13H2,1H3,(H,29,34)(H,32,33). The first-order chi connectivity index (χ1) is 16.6. The highest BCUT2D eigenvalue weighted by molar-refractivity contribution is 5.86. The van der Waals surface area contributed by atoms with E-state index in [9.17, 15) is 32.7 Å². The Labute approximate surface area is 199 Å². The van der Waals surface area contributed by atoms with E-state index in [1.54, 1.807) is 0 Å². The van der Waals surface area contributed by atoms with E-state index in [0.717, 1.165) is 27.2 Å². The summed E-state index contributed by atoms with van der Waals surface area (Å²) in [7, 11) is 0. The highest BCUT2D eigenvalue weighted by atomic mass is 19.4. The van der Waals surface area contributed by atoms with Gasteiger partial charge in [0, 0.05) is 18.5 Å². The molecule has 0 spiro atoms. The Balaban J connectivity index is 1.41. The van der Waals surface area contributed by atoms with Crippen LogP contribution < -0.4 is 5.32 Å². The monoisotopic (exact) mass is 490 g/mol. The van der Waals surface area contributed by atoms with Gasteiger partial charge < -0.3 is 20.1 Å². The maximum atomic E-state index is 13.7. The molecule has 2 unspecified atom stereocenters. The lowest BCUT2D eigenvalue weighted by Crippen LogP contribution is -2.53. The molecule has 0 heterocycles. The number of aliphatic carboxylic acids is 1. The second kappa shape index (κ2) is 9.59. The van der Waals surface area contributed by atoms with Crippen LogP contribution >= 0.6 is 0 Å². The van der Waals surface area contributed by atoms with Crippen LogP contribution in [-0.4, -0.2) is 59.4 Å². The molecule has 0 bridgehead atoms. The molecule has 4 rings (SSSR count). The number of alkyl carbamates (subject to hydrolysis) is 1. The van der Waals surface area contributed by atoms with Crippen LogP contribution in [0, 0.1) is 5.92 Å². The number of rotatable bonds is 8. The van der Waals surface area contributed by atoms with Crippen molar-refractivity contribution in [2.75, 3.05) is 13.2 Å². The van der Waals surface area contributed by atoms with Gasteiger partial charge >= 0.3 is 18.2 Å². The van der Waals surface area contributed by atoms with Gasteiger partial charge in [-0.1, -0.05) is 48.5 Å². The molecule has 1 fully saturated rings. The van der Waals surface area contributed by atoms with Gasteiger partial charge in [-0.05, 0) is 42.0 Å². The van der Waals surface area contributed by atoms with Crippen molar-refractivity contribution < 1.29 is 37.4 Å². The number of nitrogens with zero attached hydrogens (tertiary/aromatic N) is 1. The number of hydrogen-bond acceptors (Lipinski definition) is 4. The Kier molecular flexibility index (Phi) is 6.73. The van der Waals surface area contributed by atoms with Crippen molar-refractivity contribution in [1.82, 2.24) is 10.2 Å².